The third kappa shape index (κ3) is 1.20. The third-order valence-corrected chi connectivity index (χ3v) is 3.39. The minimum absolute atomic E-state index is 0.167. The van der Waals surface area contributed by atoms with E-state index < -0.39 is 0 Å². The second-order valence-electron chi connectivity index (χ2n) is 4.57. The Balaban J connectivity index is 2.23. The normalized spacial score (nSPS) is 18.3. The molecule has 0 bridgehead atoms. The molecule has 1 aliphatic rings. The van der Waals surface area contributed by atoms with Crippen LogP contribution in [0.4, 0.5) is 0 Å². The average molecular weight is 201 g/mol. The van der Waals surface area contributed by atoms with Gasteiger partial charge in [0.2, 0.25) is 0 Å². The third-order valence-electron chi connectivity index (χ3n) is 3.39. The van der Waals surface area contributed by atoms with E-state index in [4.69, 9.17) is 5.73 Å². The van der Waals surface area contributed by atoms with Gasteiger partial charge in [-0.1, -0.05) is 6.07 Å². The Morgan fingerprint density at radius 3 is 2.93 bits per heavy atom. The molecule has 0 spiro atoms. The van der Waals surface area contributed by atoms with Crippen molar-refractivity contribution in [3.63, 3.8) is 0 Å². The van der Waals surface area contributed by atoms with Crippen LogP contribution in [0, 0.1) is 6.92 Å². The van der Waals surface area contributed by atoms with Crippen LogP contribution in [-0.2, 0) is 5.41 Å². The molecular weight excluding hydrogens is 186 g/mol. The van der Waals surface area contributed by atoms with Gasteiger partial charge in [0.1, 0.15) is 5.82 Å². The van der Waals surface area contributed by atoms with Crippen molar-refractivity contribution >= 4 is 5.52 Å². The Bertz CT molecular complexity index is 509. The van der Waals surface area contributed by atoms with Crippen molar-refractivity contribution in [2.45, 2.75) is 25.2 Å². The molecule has 1 saturated carbocycles. The maximum atomic E-state index is 5.84. The lowest BCUT2D eigenvalue weighted by molar-refractivity contribution is 0.645. The predicted molar refractivity (Wildman–Crippen MR) is 59.9 cm³/mol. The number of pyridine rings is 1. The van der Waals surface area contributed by atoms with Crippen LogP contribution in [0.1, 0.15) is 24.2 Å². The van der Waals surface area contributed by atoms with Gasteiger partial charge in [0.25, 0.3) is 0 Å². The molecule has 3 rings (SSSR count). The summed E-state index contributed by atoms with van der Waals surface area (Å²) in [5.41, 5.74) is 8.42. The van der Waals surface area contributed by atoms with E-state index in [-0.39, 0.29) is 5.41 Å². The van der Waals surface area contributed by atoms with Crippen molar-refractivity contribution < 1.29 is 0 Å². The highest BCUT2D eigenvalue weighted by Gasteiger charge is 2.46. The Morgan fingerprint density at radius 1 is 1.47 bits per heavy atom. The molecule has 2 heterocycles. The van der Waals surface area contributed by atoms with E-state index in [9.17, 15) is 0 Å². The first-order chi connectivity index (χ1) is 7.25. The smallest absolute Gasteiger partial charge is 0.120 e. The van der Waals surface area contributed by atoms with Crippen molar-refractivity contribution in [2.24, 2.45) is 5.73 Å². The summed E-state index contributed by atoms with van der Waals surface area (Å²) in [6.07, 6.45) is 6.44. The summed E-state index contributed by atoms with van der Waals surface area (Å²) in [5, 5.41) is 0. The minimum Gasteiger partial charge on any atom is -0.329 e. The van der Waals surface area contributed by atoms with Crippen LogP contribution in [-0.4, -0.2) is 15.9 Å². The minimum atomic E-state index is 0.167. The number of aromatic nitrogens is 2. The van der Waals surface area contributed by atoms with Gasteiger partial charge in [0, 0.05) is 18.2 Å². The highest BCUT2D eigenvalue weighted by Crippen LogP contribution is 2.46. The molecule has 78 valence electrons. The standard InChI is InChI=1S/C12H15N3/c1-9-2-3-10-6-14-11(15(10)7-9)12(8-13)4-5-12/h2-3,6-7H,4-5,8,13H2,1H3. The molecule has 1 aliphatic carbocycles. The lowest BCUT2D eigenvalue weighted by Crippen LogP contribution is -2.22. The maximum Gasteiger partial charge on any atom is 0.120 e. The number of hydrogen-bond donors (Lipinski definition) is 1. The molecule has 0 aliphatic heterocycles. The van der Waals surface area contributed by atoms with E-state index in [2.05, 4.69) is 34.6 Å². The fourth-order valence-electron chi connectivity index (χ4n) is 2.16. The van der Waals surface area contributed by atoms with Crippen LogP contribution in [0.2, 0.25) is 0 Å². The second-order valence-corrected chi connectivity index (χ2v) is 4.57. The van der Waals surface area contributed by atoms with Crippen LogP contribution in [0.3, 0.4) is 0 Å². The van der Waals surface area contributed by atoms with Gasteiger partial charge >= 0.3 is 0 Å². The van der Waals surface area contributed by atoms with Crippen LogP contribution < -0.4 is 5.73 Å². The monoisotopic (exact) mass is 201 g/mol. The van der Waals surface area contributed by atoms with E-state index in [1.54, 1.807) is 0 Å². The molecular formula is C12H15N3. The zero-order valence-corrected chi connectivity index (χ0v) is 8.90. The van der Waals surface area contributed by atoms with Crippen LogP contribution >= 0.6 is 0 Å². The largest absolute Gasteiger partial charge is 0.329 e. The zero-order chi connectivity index (χ0) is 10.5. The van der Waals surface area contributed by atoms with E-state index >= 15 is 0 Å². The molecule has 0 radical (unpaired) electrons. The molecule has 3 nitrogen and oxygen atoms in total. The highest BCUT2D eigenvalue weighted by molar-refractivity contribution is 5.48. The summed E-state index contributed by atoms with van der Waals surface area (Å²) in [6, 6.07) is 4.22. The fraction of sp³-hybridized carbons (Fsp3) is 0.417. The lowest BCUT2D eigenvalue weighted by Gasteiger charge is -2.11. The molecule has 0 aromatic carbocycles. The van der Waals surface area contributed by atoms with Crippen molar-refractivity contribution in [2.75, 3.05) is 6.54 Å². The quantitative estimate of drug-likeness (QED) is 0.802. The van der Waals surface area contributed by atoms with Gasteiger partial charge in [-0.05, 0) is 31.4 Å². The van der Waals surface area contributed by atoms with Crippen LogP contribution in [0.15, 0.2) is 24.5 Å². The summed E-state index contributed by atoms with van der Waals surface area (Å²) in [7, 11) is 0. The summed E-state index contributed by atoms with van der Waals surface area (Å²) < 4.78 is 2.19. The lowest BCUT2D eigenvalue weighted by atomic mass is 10.1. The number of rotatable bonds is 2. The van der Waals surface area contributed by atoms with Crippen molar-refractivity contribution in [3.8, 4) is 0 Å². The topological polar surface area (TPSA) is 43.3 Å². The Kier molecular flexibility index (Phi) is 1.68. The molecule has 2 aromatic rings. The molecule has 1 fully saturated rings. The van der Waals surface area contributed by atoms with Crippen molar-refractivity contribution in [3.05, 3.63) is 35.9 Å². The number of aryl methyl sites for hydroxylation is 1. The molecule has 15 heavy (non-hydrogen) atoms. The Hall–Kier alpha value is -1.35. The van der Waals surface area contributed by atoms with Gasteiger partial charge < -0.3 is 10.1 Å². The molecule has 0 unspecified atom stereocenters. The Labute approximate surface area is 88.9 Å². The van der Waals surface area contributed by atoms with Crippen molar-refractivity contribution in [1.29, 1.82) is 0 Å². The summed E-state index contributed by atoms with van der Waals surface area (Å²) in [4.78, 5) is 4.52. The van der Waals surface area contributed by atoms with Gasteiger partial charge in [0.05, 0.1) is 11.7 Å². The predicted octanol–water partition coefficient (Wildman–Crippen LogP) is 1.63. The molecule has 0 atom stereocenters. The first-order valence-corrected chi connectivity index (χ1v) is 5.39. The van der Waals surface area contributed by atoms with Crippen LogP contribution in [0.5, 0.6) is 0 Å². The van der Waals surface area contributed by atoms with Crippen molar-refractivity contribution in [1.82, 2.24) is 9.38 Å². The van der Waals surface area contributed by atoms with Crippen LogP contribution in [0.25, 0.3) is 5.52 Å². The summed E-state index contributed by atoms with van der Waals surface area (Å²) in [5.74, 6) is 1.14. The molecule has 3 heteroatoms. The Morgan fingerprint density at radius 2 is 2.27 bits per heavy atom. The maximum absolute atomic E-state index is 5.84. The van der Waals surface area contributed by atoms with E-state index in [0.29, 0.717) is 6.54 Å². The number of fused-ring (bicyclic) bond motifs is 1. The van der Waals surface area contributed by atoms with Gasteiger partial charge in [-0.2, -0.15) is 0 Å². The van der Waals surface area contributed by atoms with Gasteiger partial charge in [0.15, 0.2) is 0 Å². The number of imidazole rings is 1. The van der Waals surface area contributed by atoms with Gasteiger partial charge in [-0.15, -0.1) is 0 Å². The summed E-state index contributed by atoms with van der Waals surface area (Å²) >= 11 is 0. The number of nitrogens with zero attached hydrogens (tertiary/aromatic N) is 2. The molecule has 2 aromatic heterocycles. The number of nitrogens with two attached hydrogens (primary N) is 1. The highest BCUT2D eigenvalue weighted by atomic mass is 15.0. The number of hydrogen-bond acceptors (Lipinski definition) is 2. The zero-order valence-electron chi connectivity index (χ0n) is 8.90. The first kappa shape index (κ1) is 8.92. The van der Waals surface area contributed by atoms with Gasteiger partial charge in [-0.3, -0.25) is 0 Å². The van der Waals surface area contributed by atoms with E-state index in [1.807, 2.05) is 6.20 Å². The summed E-state index contributed by atoms with van der Waals surface area (Å²) in [6.45, 7) is 2.81. The molecule has 0 saturated heterocycles. The SMILES string of the molecule is Cc1ccc2cnc(C3(CN)CC3)n2c1. The average Bonchev–Trinajstić information content (AvgIpc) is 2.93. The first-order valence-electron chi connectivity index (χ1n) is 5.39. The van der Waals surface area contributed by atoms with Gasteiger partial charge in [-0.25, -0.2) is 4.98 Å². The van der Waals surface area contributed by atoms with E-state index in [1.165, 1.54) is 18.4 Å². The second kappa shape index (κ2) is 2.83. The molecule has 0 amide bonds. The molecule has 2 N–H and O–H groups in total. The fourth-order valence-corrected chi connectivity index (χ4v) is 2.16. The van der Waals surface area contributed by atoms with E-state index in [0.717, 1.165) is 11.3 Å².